The Morgan fingerprint density at radius 1 is 1.41 bits per heavy atom. The molecule has 1 atom stereocenters. The lowest BCUT2D eigenvalue weighted by Crippen LogP contribution is -2.35. The quantitative estimate of drug-likeness (QED) is 0.554. The third-order valence-electron chi connectivity index (χ3n) is 5.05. The second kappa shape index (κ2) is 9.43. The molecular weight excluding hydrogens is 362 g/mol. The van der Waals surface area contributed by atoms with E-state index >= 15 is 0 Å². The highest BCUT2D eigenvalue weighted by Crippen LogP contribution is 2.28. The van der Waals surface area contributed by atoms with E-state index in [1.807, 2.05) is 12.1 Å². The molecule has 0 amide bonds. The number of rotatable bonds is 7. The van der Waals surface area contributed by atoms with Crippen molar-refractivity contribution in [3.63, 3.8) is 0 Å². The van der Waals surface area contributed by atoms with Gasteiger partial charge in [-0.1, -0.05) is 0 Å². The SMILES string of the molecule is CN(C)CCC1CCN(c2nccc(/C=C3\SCNC3C(=O)C=O)n2)CC1. The minimum absolute atomic E-state index is 0.378. The molecule has 1 aromatic rings. The zero-order valence-electron chi connectivity index (χ0n) is 15.9. The first-order valence-electron chi connectivity index (χ1n) is 9.36. The highest BCUT2D eigenvalue weighted by atomic mass is 32.2. The van der Waals surface area contributed by atoms with Crippen molar-refractivity contribution in [2.45, 2.75) is 25.3 Å². The van der Waals surface area contributed by atoms with E-state index in [-0.39, 0.29) is 0 Å². The molecule has 146 valence electrons. The van der Waals surface area contributed by atoms with Crippen LogP contribution in [0.15, 0.2) is 17.2 Å². The fraction of sp³-hybridized carbons (Fsp3) is 0.579. The molecule has 0 bridgehead atoms. The number of hydrogen-bond donors (Lipinski definition) is 1. The van der Waals surface area contributed by atoms with Crippen LogP contribution in [0.25, 0.3) is 6.08 Å². The summed E-state index contributed by atoms with van der Waals surface area (Å²) in [6, 6.07) is 1.29. The second-order valence-electron chi connectivity index (χ2n) is 7.30. The van der Waals surface area contributed by atoms with Gasteiger partial charge in [0.2, 0.25) is 11.7 Å². The van der Waals surface area contributed by atoms with Gasteiger partial charge in [0.05, 0.1) is 5.69 Å². The number of nitrogens with one attached hydrogen (secondary N) is 1. The fourth-order valence-corrected chi connectivity index (χ4v) is 4.42. The van der Waals surface area contributed by atoms with E-state index < -0.39 is 11.8 Å². The summed E-state index contributed by atoms with van der Waals surface area (Å²) in [7, 11) is 4.24. The monoisotopic (exact) mass is 389 g/mol. The molecule has 0 radical (unpaired) electrons. The molecule has 3 rings (SSSR count). The number of nitrogens with zero attached hydrogens (tertiary/aromatic N) is 4. The smallest absolute Gasteiger partial charge is 0.225 e. The predicted molar refractivity (Wildman–Crippen MR) is 109 cm³/mol. The van der Waals surface area contributed by atoms with Gasteiger partial charge in [0.25, 0.3) is 0 Å². The Hall–Kier alpha value is -1.77. The van der Waals surface area contributed by atoms with E-state index in [2.05, 4.69) is 39.2 Å². The summed E-state index contributed by atoms with van der Waals surface area (Å²) >= 11 is 1.53. The maximum Gasteiger partial charge on any atom is 0.225 e. The highest BCUT2D eigenvalue weighted by Gasteiger charge is 2.27. The van der Waals surface area contributed by atoms with E-state index in [1.54, 1.807) is 6.20 Å². The highest BCUT2D eigenvalue weighted by molar-refractivity contribution is 8.03. The third kappa shape index (κ3) is 5.37. The predicted octanol–water partition coefficient (Wildman–Crippen LogP) is 1.42. The summed E-state index contributed by atoms with van der Waals surface area (Å²) in [6.07, 6.45) is 7.59. The molecule has 2 fully saturated rings. The van der Waals surface area contributed by atoms with Crippen LogP contribution in [0.3, 0.4) is 0 Å². The standard InChI is InChI=1S/C19H27N5O2S/c1-23(2)8-4-14-5-9-24(10-6-14)19-20-7-3-15(22-19)11-17-18(16(26)12-25)21-13-27-17/h3,7,11-12,14,18,21H,4-6,8-10,13H2,1-2H3/b17-11-. The van der Waals surface area contributed by atoms with Crippen LogP contribution in [0, 0.1) is 5.92 Å². The first-order chi connectivity index (χ1) is 13.1. The van der Waals surface area contributed by atoms with Crippen molar-refractivity contribution in [3.8, 4) is 0 Å². The number of carbonyl (C=O) groups excluding carboxylic acids is 2. The Bertz CT molecular complexity index is 701. The molecule has 1 unspecified atom stereocenters. The van der Waals surface area contributed by atoms with Crippen LogP contribution >= 0.6 is 11.8 Å². The lowest BCUT2D eigenvalue weighted by atomic mass is 9.93. The fourth-order valence-electron chi connectivity index (χ4n) is 3.43. The lowest BCUT2D eigenvalue weighted by molar-refractivity contribution is -0.130. The molecule has 3 heterocycles. The van der Waals surface area contributed by atoms with Crippen molar-refractivity contribution < 1.29 is 9.59 Å². The number of thioether (sulfide) groups is 1. The van der Waals surface area contributed by atoms with Gasteiger partial charge in [0, 0.05) is 30.1 Å². The molecule has 0 aromatic carbocycles. The maximum atomic E-state index is 11.7. The number of aldehydes is 1. The van der Waals surface area contributed by atoms with Crippen LogP contribution in [-0.4, -0.2) is 72.6 Å². The van der Waals surface area contributed by atoms with Crippen LogP contribution in [0.4, 0.5) is 5.95 Å². The summed E-state index contributed by atoms with van der Waals surface area (Å²) < 4.78 is 0. The number of piperidine rings is 1. The summed E-state index contributed by atoms with van der Waals surface area (Å²) in [4.78, 5) is 36.9. The Kier molecular flexibility index (Phi) is 6.98. The minimum Gasteiger partial charge on any atom is -0.341 e. The van der Waals surface area contributed by atoms with E-state index in [0.29, 0.717) is 12.2 Å². The Balaban J connectivity index is 1.64. The van der Waals surface area contributed by atoms with Crippen LogP contribution in [0.1, 0.15) is 25.0 Å². The van der Waals surface area contributed by atoms with Gasteiger partial charge in [-0.25, -0.2) is 9.97 Å². The first-order valence-corrected chi connectivity index (χ1v) is 10.3. The summed E-state index contributed by atoms with van der Waals surface area (Å²) in [6.45, 7) is 3.08. The molecule has 1 aromatic heterocycles. The number of ketones is 1. The van der Waals surface area contributed by atoms with Crippen molar-refractivity contribution >= 4 is 35.9 Å². The van der Waals surface area contributed by atoms with Crippen molar-refractivity contribution in [2.75, 3.05) is 44.5 Å². The largest absolute Gasteiger partial charge is 0.341 e. The summed E-state index contributed by atoms with van der Waals surface area (Å²) in [5.74, 6) is 1.68. The van der Waals surface area contributed by atoms with Gasteiger partial charge in [-0.15, -0.1) is 11.8 Å². The van der Waals surface area contributed by atoms with Crippen molar-refractivity contribution in [1.82, 2.24) is 20.2 Å². The molecule has 0 saturated carbocycles. The molecule has 0 spiro atoms. The number of hydrogen-bond acceptors (Lipinski definition) is 8. The number of Topliss-reactive ketones (excluding diaryl/α,β-unsaturated/α-hetero) is 1. The molecule has 7 nitrogen and oxygen atoms in total. The molecule has 0 aliphatic carbocycles. The Labute approximate surface area is 164 Å². The van der Waals surface area contributed by atoms with E-state index in [4.69, 9.17) is 0 Å². The maximum absolute atomic E-state index is 11.7. The number of carbonyl (C=O) groups is 2. The Morgan fingerprint density at radius 2 is 2.19 bits per heavy atom. The average Bonchev–Trinajstić information content (AvgIpc) is 3.14. The number of anilines is 1. The van der Waals surface area contributed by atoms with Gasteiger partial charge in [0.15, 0.2) is 6.29 Å². The molecular formula is C19H27N5O2S. The average molecular weight is 390 g/mol. The molecule has 8 heteroatoms. The van der Waals surface area contributed by atoms with Gasteiger partial charge in [-0.3, -0.25) is 14.9 Å². The van der Waals surface area contributed by atoms with Gasteiger partial charge >= 0.3 is 0 Å². The van der Waals surface area contributed by atoms with Gasteiger partial charge < -0.3 is 9.80 Å². The van der Waals surface area contributed by atoms with Crippen LogP contribution in [0.2, 0.25) is 0 Å². The second-order valence-corrected chi connectivity index (χ2v) is 8.35. The molecule has 2 saturated heterocycles. The normalized spacial score (nSPS) is 22.6. The molecule has 1 N–H and O–H groups in total. The molecule has 27 heavy (non-hydrogen) atoms. The van der Waals surface area contributed by atoms with Crippen molar-refractivity contribution in [3.05, 3.63) is 22.9 Å². The van der Waals surface area contributed by atoms with Gasteiger partial charge in [-0.05, 0) is 58.0 Å². The topological polar surface area (TPSA) is 78.4 Å². The lowest BCUT2D eigenvalue weighted by Gasteiger charge is -2.32. The van der Waals surface area contributed by atoms with Crippen LogP contribution in [-0.2, 0) is 9.59 Å². The van der Waals surface area contributed by atoms with Crippen molar-refractivity contribution in [2.24, 2.45) is 5.92 Å². The first kappa shape index (κ1) is 20.0. The van der Waals surface area contributed by atoms with Gasteiger partial charge in [0.1, 0.15) is 6.04 Å². The third-order valence-corrected chi connectivity index (χ3v) is 6.05. The zero-order chi connectivity index (χ0) is 19.2. The number of aromatic nitrogens is 2. The van der Waals surface area contributed by atoms with E-state index in [1.165, 1.54) is 18.2 Å². The van der Waals surface area contributed by atoms with Crippen LogP contribution in [0.5, 0.6) is 0 Å². The molecule has 2 aliphatic heterocycles. The summed E-state index contributed by atoms with van der Waals surface area (Å²) in [5, 5.41) is 3.04. The zero-order valence-corrected chi connectivity index (χ0v) is 16.7. The minimum atomic E-state index is -0.543. The Morgan fingerprint density at radius 3 is 2.89 bits per heavy atom. The van der Waals surface area contributed by atoms with Crippen molar-refractivity contribution in [1.29, 1.82) is 0 Å². The summed E-state index contributed by atoms with van der Waals surface area (Å²) in [5.41, 5.74) is 0.768. The van der Waals surface area contributed by atoms with E-state index in [9.17, 15) is 9.59 Å². The van der Waals surface area contributed by atoms with E-state index in [0.717, 1.165) is 54.9 Å². The van der Waals surface area contributed by atoms with Crippen LogP contribution < -0.4 is 10.2 Å². The van der Waals surface area contributed by atoms with Gasteiger partial charge in [-0.2, -0.15) is 0 Å². The molecule has 2 aliphatic rings.